The summed E-state index contributed by atoms with van der Waals surface area (Å²) < 4.78 is 25.4. The van der Waals surface area contributed by atoms with Crippen molar-refractivity contribution < 1.29 is 13.2 Å². The molecular weight excluding hydrogens is 408 g/mol. The third-order valence-corrected chi connectivity index (χ3v) is 5.27. The van der Waals surface area contributed by atoms with Gasteiger partial charge in [0.2, 0.25) is 10.0 Å². The molecule has 3 rings (SSSR count). The summed E-state index contributed by atoms with van der Waals surface area (Å²) in [4.78, 5) is 13.0. The Kier molecular flexibility index (Phi) is 6.25. The second-order valence-electron chi connectivity index (χ2n) is 6.80. The highest BCUT2D eigenvalue weighted by molar-refractivity contribution is 7.92. The van der Waals surface area contributed by atoms with Crippen molar-refractivity contribution in [1.29, 1.82) is 0 Å². The van der Waals surface area contributed by atoms with Gasteiger partial charge in [-0.05, 0) is 36.2 Å². The minimum atomic E-state index is -3.47. The zero-order valence-electron chi connectivity index (χ0n) is 16.0. The summed E-state index contributed by atoms with van der Waals surface area (Å²) in [6, 6.07) is 21.6. The number of carbonyl (C=O) groups excluding carboxylic acids is 1. The van der Waals surface area contributed by atoms with Gasteiger partial charge in [0.15, 0.2) is 0 Å². The van der Waals surface area contributed by atoms with Gasteiger partial charge in [0.05, 0.1) is 22.9 Å². The number of aryl methyl sites for hydroxylation is 1. The molecule has 0 spiro atoms. The molecule has 1 atom stereocenters. The average molecular weight is 429 g/mol. The number of rotatable bonds is 6. The molecule has 0 aliphatic rings. The lowest BCUT2D eigenvalue weighted by Crippen LogP contribution is -2.29. The SMILES string of the molecule is Cc1ccc([C@H](NC(=O)c2cc(NS(C)(=O)=O)ccc2Cl)c2ccccc2)cc1. The van der Waals surface area contributed by atoms with Crippen LogP contribution in [-0.2, 0) is 10.0 Å². The first-order chi connectivity index (χ1) is 13.7. The predicted octanol–water partition coefficient (Wildman–Crippen LogP) is 4.54. The summed E-state index contributed by atoms with van der Waals surface area (Å²) in [7, 11) is -3.47. The van der Waals surface area contributed by atoms with Gasteiger partial charge in [-0.2, -0.15) is 0 Å². The molecule has 1 amide bonds. The van der Waals surface area contributed by atoms with E-state index in [9.17, 15) is 13.2 Å². The smallest absolute Gasteiger partial charge is 0.253 e. The van der Waals surface area contributed by atoms with E-state index in [4.69, 9.17) is 11.6 Å². The normalized spacial score (nSPS) is 12.2. The van der Waals surface area contributed by atoms with Crippen LogP contribution in [-0.4, -0.2) is 20.6 Å². The Morgan fingerprint density at radius 1 is 0.931 bits per heavy atom. The standard InChI is InChI=1S/C22H21ClN2O3S/c1-15-8-10-17(11-9-15)21(16-6-4-3-5-7-16)24-22(26)19-14-18(12-13-20(19)23)25-29(2,27)28/h3-14,21,25H,1-2H3,(H,24,26)/t21-/m1/s1. The number of carbonyl (C=O) groups is 1. The third-order valence-electron chi connectivity index (χ3n) is 4.33. The predicted molar refractivity (Wildman–Crippen MR) is 117 cm³/mol. The number of nitrogens with one attached hydrogen (secondary N) is 2. The van der Waals surface area contributed by atoms with Gasteiger partial charge in [-0.3, -0.25) is 9.52 Å². The molecule has 0 radical (unpaired) electrons. The van der Waals surface area contributed by atoms with Crippen LogP contribution in [0.3, 0.4) is 0 Å². The molecule has 0 bridgehead atoms. The Hall–Kier alpha value is -2.83. The molecule has 3 aromatic rings. The van der Waals surface area contributed by atoms with Gasteiger partial charge in [-0.15, -0.1) is 0 Å². The number of sulfonamides is 1. The summed E-state index contributed by atoms with van der Waals surface area (Å²) in [6.45, 7) is 2.00. The van der Waals surface area contributed by atoms with Crippen molar-refractivity contribution in [3.05, 3.63) is 100 Å². The lowest BCUT2D eigenvalue weighted by Gasteiger charge is -2.21. The molecular formula is C22H21ClN2O3S. The number of halogens is 1. The Morgan fingerprint density at radius 3 is 2.17 bits per heavy atom. The fourth-order valence-electron chi connectivity index (χ4n) is 2.95. The van der Waals surface area contributed by atoms with Gasteiger partial charge >= 0.3 is 0 Å². The molecule has 150 valence electrons. The summed E-state index contributed by atoms with van der Waals surface area (Å²) in [5.74, 6) is -0.401. The fraction of sp³-hybridized carbons (Fsp3) is 0.136. The van der Waals surface area contributed by atoms with Crippen molar-refractivity contribution in [1.82, 2.24) is 5.32 Å². The van der Waals surface area contributed by atoms with Gasteiger partial charge in [0.25, 0.3) is 5.91 Å². The third kappa shape index (κ3) is 5.59. The highest BCUT2D eigenvalue weighted by Gasteiger charge is 2.20. The maximum absolute atomic E-state index is 13.0. The van der Waals surface area contributed by atoms with E-state index in [-0.39, 0.29) is 22.3 Å². The van der Waals surface area contributed by atoms with Crippen LogP contribution < -0.4 is 10.0 Å². The van der Waals surface area contributed by atoms with Crippen molar-refractivity contribution in [3.8, 4) is 0 Å². The first-order valence-electron chi connectivity index (χ1n) is 8.92. The molecule has 0 unspecified atom stereocenters. The highest BCUT2D eigenvalue weighted by atomic mass is 35.5. The number of amides is 1. The molecule has 0 aromatic heterocycles. The van der Waals surface area contributed by atoms with Crippen LogP contribution in [0.5, 0.6) is 0 Å². The van der Waals surface area contributed by atoms with Gasteiger partial charge in [-0.1, -0.05) is 71.8 Å². The second kappa shape index (κ2) is 8.68. The number of benzene rings is 3. The Balaban J connectivity index is 1.95. The van der Waals surface area contributed by atoms with Crippen LogP contribution in [0.25, 0.3) is 0 Å². The zero-order valence-corrected chi connectivity index (χ0v) is 17.6. The molecule has 3 aromatic carbocycles. The summed E-state index contributed by atoms with van der Waals surface area (Å²) in [5.41, 5.74) is 3.43. The zero-order chi connectivity index (χ0) is 21.0. The quantitative estimate of drug-likeness (QED) is 0.605. The largest absolute Gasteiger partial charge is 0.341 e. The monoisotopic (exact) mass is 428 g/mol. The van der Waals surface area contributed by atoms with E-state index in [1.54, 1.807) is 0 Å². The van der Waals surface area contributed by atoms with E-state index in [1.165, 1.54) is 18.2 Å². The van der Waals surface area contributed by atoms with Crippen molar-refractivity contribution in [2.24, 2.45) is 0 Å². The molecule has 5 nitrogen and oxygen atoms in total. The van der Waals surface area contributed by atoms with Crippen LogP contribution in [0.2, 0.25) is 5.02 Å². The van der Waals surface area contributed by atoms with Crippen LogP contribution in [0, 0.1) is 6.92 Å². The van der Waals surface area contributed by atoms with Gasteiger partial charge in [0.1, 0.15) is 0 Å². The minimum Gasteiger partial charge on any atom is -0.341 e. The molecule has 0 heterocycles. The molecule has 29 heavy (non-hydrogen) atoms. The summed E-state index contributed by atoms with van der Waals surface area (Å²) in [5, 5.41) is 3.25. The maximum atomic E-state index is 13.0. The van der Waals surface area contributed by atoms with Crippen molar-refractivity contribution in [2.45, 2.75) is 13.0 Å². The highest BCUT2D eigenvalue weighted by Crippen LogP contribution is 2.26. The number of anilines is 1. The molecule has 0 saturated heterocycles. The molecule has 0 aliphatic carbocycles. The summed E-state index contributed by atoms with van der Waals surface area (Å²) in [6.07, 6.45) is 1.05. The van der Waals surface area contributed by atoms with Crippen molar-refractivity contribution in [2.75, 3.05) is 11.0 Å². The van der Waals surface area contributed by atoms with E-state index >= 15 is 0 Å². The van der Waals surface area contributed by atoms with Crippen LogP contribution in [0.4, 0.5) is 5.69 Å². The van der Waals surface area contributed by atoms with E-state index in [2.05, 4.69) is 10.0 Å². The van der Waals surface area contributed by atoms with E-state index in [1.807, 2.05) is 61.5 Å². The van der Waals surface area contributed by atoms with Crippen LogP contribution in [0.15, 0.2) is 72.8 Å². The van der Waals surface area contributed by atoms with Gasteiger partial charge < -0.3 is 5.32 Å². The molecule has 7 heteroatoms. The van der Waals surface area contributed by atoms with Crippen LogP contribution in [0.1, 0.15) is 33.1 Å². The Morgan fingerprint density at radius 2 is 1.55 bits per heavy atom. The molecule has 0 saturated carbocycles. The van der Waals surface area contributed by atoms with E-state index in [0.717, 1.165) is 22.9 Å². The first-order valence-corrected chi connectivity index (χ1v) is 11.2. The van der Waals surface area contributed by atoms with Crippen molar-refractivity contribution >= 4 is 33.2 Å². The second-order valence-corrected chi connectivity index (χ2v) is 8.95. The minimum absolute atomic E-state index is 0.188. The molecule has 0 fully saturated rings. The van der Waals surface area contributed by atoms with E-state index < -0.39 is 15.9 Å². The molecule has 2 N–H and O–H groups in total. The Labute approximate surface area is 175 Å². The maximum Gasteiger partial charge on any atom is 0.253 e. The fourth-order valence-corrected chi connectivity index (χ4v) is 3.71. The molecule has 0 aliphatic heterocycles. The van der Waals surface area contributed by atoms with Gasteiger partial charge in [-0.25, -0.2) is 8.42 Å². The average Bonchev–Trinajstić information content (AvgIpc) is 2.68. The first kappa shape index (κ1) is 20.9. The number of hydrogen-bond acceptors (Lipinski definition) is 3. The van der Waals surface area contributed by atoms with Crippen LogP contribution >= 0.6 is 11.6 Å². The lowest BCUT2D eigenvalue weighted by atomic mass is 9.97. The van der Waals surface area contributed by atoms with Crippen molar-refractivity contribution in [3.63, 3.8) is 0 Å². The van der Waals surface area contributed by atoms with Gasteiger partial charge in [0, 0.05) is 5.69 Å². The topological polar surface area (TPSA) is 75.3 Å². The number of hydrogen-bond donors (Lipinski definition) is 2. The van der Waals surface area contributed by atoms with E-state index in [0.29, 0.717) is 0 Å². The summed E-state index contributed by atoms with van der Waals surface area (Å²) >= 11 is 6.22. The Bertz CT molecular complexity index is 1110. The lowest BCUT2D eigenvalue weighted by molar-refractivity contribution is 0.0943.